The normalized spacial score (nSPS) is 37.1. The number of hydrogen-bond donors (Lipinski definition) is 0. The first-order chi connectivity index (χ1) is 12.6. The number of benzene rings is 1. The molecule has 1 aromatic rings. The lowest BCUT2D eigenvalue weighted by atomic mass is 9.59. The van der Waals surface area contributed by atoms with Crippen molar-refractivity contribution in [2.75, 3.05) is 34.4 Å². The van der Waals surface area contributed by atoms with E-state index in [0.717, 1.165) is 37.0 Å². The van der Waals surface area contributed by atoms with Gasteiger partial charge in [-0.05, 0) is 69.3 Å². The summed E-state index contributed by atoms with van der Waals surface area (Å²) in [6.45, 7) is 4.43. The number of rotatable bonds is 4. The first-order valence-corrected chi connectivity index (χ1v) is 10.2. The van der Waals surface area contributed by atoms with Gasteiger partial charge in [-0.2, -0.15) is 0 Å². The summed E-state index contributed by atoms with van der Waals surface area (Å²) in [5, 5.41) is 0. The Hall–Kier alpha value is -1.26. The third-order valence-corrected chi connectivity index (χ3v) is 7.66. The molecule has 2 unspecified atom stereocenters. The van der Waals surface area contributed by atoms with Crippen LogP contribution in [0.4, 0.5) is 0 Å². The van der Waals surface area contributed by atoms with Crippen molar-refractivity contribution < 1.29 is 14.2 Å². The lowest BCUT2D eigenvalue weighted by molar-refractivity contribution is -0.0809. The maximum atomic E-state index is 6.43. The summed E-state index contributed by atoms with van der Waals surface area (Å²) in [6, 6.07) is 7.10. The number of methoxy groups -OCH3 is 2. The highest BCUT2D eigenvalue weighted by Gasteiger charge is 2.57. The van der Waals surface area contributed by atoms with E-state index in [0.29, 0.717) is 6.04 Å². The molecular formula is C22H33NO3. The molecule has 0 N–H and O–H groups in total. The van der Waals surface area contributed by atoms with Crippen LogP contribution in [0.5, 0.6) is 11.5 Å². The van der Waals surface area contributed by atoms with Gasteiger partial charge in [0.1, 0.15) is 0 Å². The first kappa shape index (κ1) is 18.1. The lowest BCUT2D eigenvalue weighted by Crippen LogP contribution is -2.54. The van der Waals surface area contributed by atoms with Crippen molar-refractivity contribution in [2.45, 2.75) is 62.5 Å². The fourth-order valence-electron chi connectivity index (χ4n) is 6.12. The highest BCUT2D eigenvalue weighted by molar-refractivity contribution is 5.46. The molecule has 3 aliphatic rings. The Balaban J connectivity index is 1.70. The average molecular weight is 360 g/mol. The van der Waals surface area contributed by atoms with Crippen LogP contribution in [0.2, 0.25) is 0 Å². The van der Waals surface area contributed by atoms with E-state index >= 15 is 0 Å². The molecule has 0 aromatic heterocycles. The third-order valence-electron chi connectivity index (χ3n) is 7.66. The standard InChI is InChI=1S/C22H33NO3/c1-5-16-8-13-26-22(16)10-9-21(11-12-23(2)20(21)15-22)17-6-7-18(24-3)19(14-17)25-4/h6-7,14,16,20H,5,8-13,15H2,1-4H3/t16?,20-,21-,22?/m0/s1. The number of hydrogen-bond acceptors (Lipinski definition) is 4. The molecular weight excluding hydrogens is 326 g/mol. The van der Waals surface area contributed by atoms with Crippen molar-refractivity contribution in [3.63, 3.8) is 0 Å². The molecule has 4 nitrogen and oxygen atoms in total. The molecule has 1 aliphatic carbocycles. The second-order valence-corrected chi connectivity index (χ2v) is 8.48. The van der Waals surface area contributed by atoms with E-state index in [2.05, 4.69) is 37.1 Å². The van der Waals surface area contributed by atoms with Crippen molar-refractivity contribution in [3.05, 3.63) is 23.8 Å². The van der Waals surface area contributed by atoms with Gasteiger partial charge >= 0.3 is 0 Å². The van der Waals surface area contributed by atoms with Gasteiger partial charge in [0.05, 0.1) is 19.8 Å². The number of likely N-dealkylation sites (N-methyl/N-ethyl adjacent to an activating group) is 1. The molecule has 144 valence electrons. The summed E-state index contributed by atoms with van der Waals surface area (Å²) >= 11 is 0. The van der Waals surface area contributed by atoms with Gasteiger partial charge in [-0.25, -0.2) is 0 Å². The lowest BCUT2D eigenvalue weighted by Gasteiger charge is -2.50. The molecule has 4 atom stereocenters. The molecule has 2 aliphatic heterocycles. The second-order valence-electron chi connectivity index (χ2n) is 8.48. The minimum atomic E-state index is 0.109. The highest BCUT2D eigenvalue weighted by atomic mass is 16.5. The monoisotopic (exact) mass is 359 g/mol. The molecule has 2 heterocycles. The zero-order valence-electron chi connectivity index (χ0n) is 16.7. The number of nitrogens with zero attached hydrogens (tertiary/aromatic N) is 1. The number of fused-ring (bicyclic) bond motifs is 1. The smallest absolute Gasteiger partial charge is 0.161 e. The van der Waals surface area contributed by atoms with Gasteiger partial charge in [0.15, 0.2) is 11.5 Å². The Kier molecular flexibility index (Phi) is 4.68. The minimum Gasteiger partial charge on any atom is -0.493 e. The summed E-state index contributed by atoms with van der Waals surface area (Å²) in [5.74, 6) is 2.38. The van der Waals surface area contributed by atoms with Crippen LogP contribution in [-0.2, 0) is 10.2 Å². The van der Waals surface area contributed by atoms with E-state index in [1.54, 1.807) is 14.2 Å². The van der Waals surface area contributed by atoms with Gasteiger partial charge in [0, 0.05) is 18.1 Å². The molecule has 0 bridgehead atoms. The Bertz CT molecular complexity index is 663. The van der Waals surface area contributed by atoms with Crippen LogP contribution in [0.25, 0.3) is 0 Å². The molecule has 1 saturated carbocycles. The Morgan fingerprint density at radius 3 is 2.69 bits per heavy atom. The van der Waals surface area contributed by atoms with Crippen LogP contribution in [0.3, 0.4) is 0 Å². The third kappa shape index (κ3) is 2.56. The van der Waals surface area contributed by atoms with Crippen molar-refractivity contribution in [1.82, 2.24) is 4.90 Å². The maximum absolute atomic E-state index is 6.43. The first-order valence-electron chi connectivity index (χ1n) is 10.2. The van der Waals surface area contributed by atoms with Crippen molar-refractivity contribution in [2.24, 2.45) is 5.92 Å². The fourth-order valence-corrected chi connectivity index (χ4v) is 6.12. The Morgan fingerprint density at radius 1 is 1.15 bits per heavy atom. The predicted octanol–water partition coefficient (Wildman–Crippen LogP) is 4.01. The largest absolute Gasteiger partial charge is 0.493 e. The van der Waals surface area contributed by atoms with Crippen LogP contribution in [0.15, 0.2) is 18.2 Å². The van der Waals surface area contributed by atoms with Gasteiger partial charge < -0.3 is 19.1 Å². The molecule has 4 rings (SSSR count). The molecule has 0 amide bonds. The van der Waals surface area contributed by atoms with Crippen LogP contribution in [0, 0.1) is 5.92 Å². The average Bonchev–Trinajstić information content (AvgIpc) is 3.23. The van der Waals surface area contributed by atoms with Crippen LogP contribution in [-0.4, -0.2) is 51.0 Å². The summed E-state index contributed by atoms with van der Waals surface area (Å²) in [6.07, 6.45) is 7.24. The predicted molar refractivity (Wildman–Crippen MR) is 103 cm³/mol. The zero-order valence-corrected chi connectivity index (χ0v) is 16.7. The van der Waals surface area contributed by atoms with E-state index < -0.39 is 0 Å². The van der Waals surface area contributed by atoms with E-state index in [-0.39, 0.29) is 11.0 Å². The zero-order chi connectivity index (χ0) is 18.4. The number of likely N-dealkylation sites (tertiary alicyclic amines) is 1. The van der Waals surface area contributed by atoms with Gasteiger partial charge in [0.2, 0.25) is 0 Å². The van der Waals surface area contributed by atoms with Crippen molar-refractivity contribution >= 4 is 0 Å². The summed E-state index contributed by atoms with van der Waals surface area (Å²) < 4.78 is 17.5. The highest BCUT2D eigenvalue weighted by Crippen LogP contribution is 2.56. The maximum Gasteiger partial charge on any atom is 0.161 e. The Morgan fingerprint density at radius 2 is 1.96 bits per heavy atom. The van der Waals surface area contributed by atoms with E-state index in [1.807, 2.05) is 0 Å². The fraction of sp³-hybridized carbons (Fsp3) is 0.727. The number of ether oxygens (including phenoxy) is 3. The van der Waals surface area contributed by atoms with E-state index in [9.17, 15) is 0 Å². The summed E-state index contributed by atoms with van der Waals surface area (Å²) in [5.41, 5.74) is 1.73. The van der Waals surface area contributed by atoms with Gasteiger partial charge in [0.25, 0.3) is 0 Å². The van der Waals surface area contributed by atoms with Crippen LogP contribution < -0.4 is 9.47 Å². The van der Waals surface area contributed by atoms with Crippen LogP contribution in [0.1, 0.15) is 51.0 Å². The van der Waals surface area contributed by atoms with Crippen LogP contribution >= 0.6 is 0 Å². The SMILES string of the molecule is CCC1CCOC12CC[C@@]1(c3ccc(OC)c(OC)c3)CCN(C)[C@H]1C2. The van der Waals surface area contributed by atoms with Gasteiger partial charge in [-0.3, -0.25) is 0 Å². The summed E-state index contributed by atoms with van der Waals surface area (Å²) in [4.78, 5) is 2.58. The minimum absolute atomic E-state index is 0.109. The molecule has 0 radical (unpaired) electrons. The van der Waals surface area contributed by atoms with Crippen molar-refractivity contribution in [1.29, 1.82) is 0 Å². The topological polar surface area (TPSA) is 30.9 Å². The van der Waals surface area contributed by atoms with E-state index in [1.165, 1.54) is 37.7 Å². The molecule has 3 fully saturated rings. The Labute approximate surface area is 157 Å². The van der Waals surface area contributed by atoms with E-state index in [4.69, 9.17) is 14.2 Å². The van der Waals surface area contributed by atoms with Gasteiger partial charge in [-0.1, -0.05) is 19.4 Å². The molecule has 4 heteroatoms. The quantitative estimate of drug-likeness (QED) is 0.813. The molecule has 1 aromatic carbocycles. The summed E-state index contributed by atoms with van der Waals surface area (Å²) in [7, 11) is 5.72. The molecule has 26 heavy (non-hydrogen) atoms. The second kappa shape index (κ2) is 6.72. The molecule has 1 spiro atoms. The van der Waals surface area contributed by atoms with Crippen molar-refractivity contribution in [3.8, 4) is 11.5 Å². The van der Waals surface area contributed by atoms with Gasteiger partial charge in [-0.15, -0.1) is 0 Å². The molecule has 2 saturated heterocycles.